The molecule has 10 heteroatoms. The van der Waals surface area contributed by atoms with Crippen LogP contribution in [0.15, 0.2) is 59.4 Å². The Bertz CT molecular complexity index is 1110. The van der Waals surface area contributed by atoms with Crippen molar-refractivity contribution >= 4 is 0 Å². The van der Waals surface area contributed by atoms with Crippen LogP contribution in [0, 0.1) is 6.92 Å². The number of halogens is 3. The maximum absolute atomic E-state index is 12.3. The number of aryl methyl sites for hydroxylation is 1. The molecule has 0 spiro atoms. The molecule has 7 nitrogen and oxygen atoms in total. The maximum atomic E-state index is 12.3. The van der Waals surface area contributed by atoms with Crippen molar-refractivity contribution in [2.24, 2.45) is 0 Å². The Hall–Kier alpha value is -3.69. The van der Waals surface area contributed by atoms with Crippen molar-refractivity contribution in [1.29, 1.82) is 0 Å². The zero-order valence-electron chi connectivity index (χ0n) is 15.1. The van der Waals surface area contributed by atoms with E-state index in [4.69, 9.17) is 4.52 Å². The topological polar surface area (TPSA) is 78.9 Å². The molecule has 4 aromatic rings. The van der Waals surface area contributed by atoms with Gasteiger partial charge in [-0.2, -0.15) is 10.1 Å². The SMILES string of the molecule is Cc1cc(-c2nc(-c3ccc(OC(F)(F)F)cc3)no2)nn1Cc1cccnc1. The molecule has 0 radical (unpaired) electrons. The molecule has 0 saturated heterocycles. The van der Waals surface area contributed by atoms with E-state index < -0.39 is 6.36 Å². The van der Waals surface area contributed by atoms with Crippen LogP contribution in [0.3, 0.4) is 0 Å². The average molecular weight is 401 g/mol. The second kappa shape index (κ2) is 7.38. The first-order valence-corrected chi connectivity index (χ1v) is 8.51. The number of aromatic nitrogens is 5. The standard InChI is InChI=1S/C19H14F3N5O2/c1-12-9-16(25-27(12)11-13-3-2-8-23-10-13)18-24-17(26-29-18)14-4-6-15(7-5-14)28-19(20,21)22/h2-10H,11H2,1H3. The first-order chi connectivity index (χ1) is 13.9. The summed E-state index contributed by atoms with van der Waals surface area (Å²) >= 11 is 0. The molecule has 0 aliphatic rings. The van der Waals surface area contributed by atoms with Gasteiger partial charge in [-0.05, 0) is 48.9 Å². The van der Waals surface area contributed by atoms with Crippen molar-refractivity contribution in [2.45, 2.75) is 19.8 Å². The fraction of sp³-hybridized carbons (Fsp3) is 0.158. The van der Waals surface area contributed by atoms with Gasteiger partial charge >= 0.3 is 6.36 Å². The number of alkyl halides is 3. The average Bonchev–Trinajstić information content (AvgIpc) is 3.30. The Labute approximate surface area is 162 Å². The van der Waals surface area contributed by atoms with Crippen LogP contribution in [0.4, 0.5) is 13.2 Å². The Balaban J connectivity index is 1.53. The third kappa shape index (κ3) is 4.42. The molecule has 0 fully saturated rings. The zero-order chi connectivity index (χ0) is 20.4. The smallest absolute Gasteiger partial charge is 0.406 e. The second-order valence-corrected chi connectivity index (χ2v) is 6.19. The summed E-state index contributed by atoms with van der Waals surface area (Å²) in [5.41, 5.74) is 2.89. The van der Waals surface area contributed by atoms with E-state index in [0.29, 0.717) is 17.8 Å². The second-order valence-electron chi connectivity index (χ2n) is 6.19. The Kier molecular flexibility index (Phi) is 4.75. The van der Waals surface area contributed by atoms with Gasteiger partial charge in [0.25, 0.3) is 5.89 Å². The lowest BCUT2D eigenvalue weighted by Gasteiger charge is -2.08. The van der Waals surface area contributed by atoms with E-state index >= 15 is 0 Å². The van der Waals surface area contributed by atoms with Gasteiger partial charge in [0.2, 0.25) is 5.82 Å². The largest absolute Gasteiger partial charge is 0.573 e. The van der Waals surface area contributed by atoms with Crippen LogP contribution in [0.1, 0.15) is 11.3 Å². The highest BCUT2D eigenvalue weighted by molar-refractivity contribution is 5.58. The monoisotopic (exact) mass is 401 g/mol. The fourth-order valence-electron chi connectivity index (χ4n) is 2.69. The molecular formula is C19H14F3N5O2. The molecule has 4 rings (SSSR count). The number of benzene rings is 1. The number of pyridine rings is 1. The highest BCUT2D eigenvalue weighted by Gasteiger charge is 2.31. The first-order valence-electron chi connectivity index (χ1n) is 8.51. The van der Waals surface area contributed by atoms with Crippen LogP contribution < -0.4 is 4.74 Å². The summed E-state index contributed by atoms with van der Waals surface area (Å²) in [6.07, 6.45) is -1.28. The van der Waals surface area contributed by atoms with E-state index in [9.17, 15) is 13.2 Å². The van der Waals surface area contributed by atoms with Gasteiger partial charge < -0.3 is 9.26 Å². The molecule has 0 N–H and O–H groups in total. The summed E-state index contributed by atoms with van der Waals surface area (Å²) in [5, 5.41) is 8.37. The molecule has 0 atom stereocenters. The normalized spacial score (nSPS) is 11.6. The van der Waals surface area contributed by atoms with Gasteiger partial charge in [-0.15, -0.1) is 13.2 Å². The van der Waals surface area contributed by atoms with E-state index in [-0.39, 0.29) is 17.5 Å². The third-order valence-electron chi connectivity index (χ3n) is 4.03. The Morgan fingerprint density at radius 2 is 1.93 bits per heavy atom. The van der Waals surface area contributed by atoms with E-state index in [0.717, 1.165) is 11.3 Å². The lowest BCUT2D eigenvalue weighted by Crippen LogP contribution is -2.16. The molecular weight excluding hydrogens is 387 g/mol. The number of ether oxygens (including phenoxy) is 1. The first kappa shape index (κ1) is 18.7. The van der Waals surface area contributed by atoms with Gasteiger partial charge in [-0.3, -0.25) is 9.67 Å². The molecule has 0 saturated carbocycles. The molecule has 3 aromatic heterocycles. The lowest BCUT2D eigenvalue weighted by molar-refractivity contribution is -0.274. The summed E-state index contributed by atoms with van der Waals surface area (Å²) in [6, 6.07) is 10.8. The Morgan fingerprint density at radius 3 is 2.62 bits per heavy atom. The van der Waals surface area contributed by atoms with Crippen molar-refractivity contribution in [1.82, 2.24) is 24.9 Å². The van der Waals surface area contributed by atoms with E-state index in [1.54, 1.807) is 17.1 Å². The van der Waals surface area contributed by atoms with Gasteiger partial charge in [0.05, 0.1) is 6.54 Å². The van der Waals surface area contributed by atoms with Crippen LogP contribution in [0.25, 0.3) is 23.0 Å². The van der Waals surface area contributed by atoms with Crippen LogP contribution in [-0.4, -0.2) is 31.3 Å². The van der Waals surface area contributed by atoms with Crippen LogP contribution in [0.2, 0.25) is 0 Å². The number of nitrogens with zero attached hydrogens (tertiary/aromatic N) is 5. The highest BCUT2D eigenvalue weighted by Crippen LogP contribution is 2.27. The minimum Gasteiger partial charge on any atom is -0.406 e. The van der Waals surface area contributed by atoms with Gasteiger partial charge in [0.1, 0.15) is 5.75 Å². The molecule has 0 unspecified atom stereocenters. The molecule has 1 aromatic carbocycles. The van der Waals surface area contributed by atoms with Gasteiger partial charge in [0, 0.05) is 23.7 Å². The molecule has 29 heavy (non-hydrogen) atoms. The predicted molar refractivity (Wildman–Crippen MR) is 95.7 cm³/mol. The highest BCUT2D eigenvalue weighted by atomic mass is 19.4. The number of hydrogen-bond acceptors (Lipinski definition) is 6. The third-order valence-corrected chi connectivity index (χ3v) is 4.03. The zero-order valence-corrected chi connectivity index (χ0v) is 15.1. The summed E-state index contributed by atoms with van der Waals surface area (Å²) in [4.78, 5) is 8.37. The number of rotatable bonds is 5. The molecule has 0 amide bonds. The van der Waals surface area contributed by atoms with Crippen molar-refractivity contribution in [3.05, 3.63) is 66.1 Å². The molecule has 0 aliphatic carbocycles. The summed E-state index contributed by atoms with van der Waals surface area (Å²) < 4.78 is 47.7. The van der Waals surface area contributed by atoms with E-state index in [1.165, 1.54) is 24.3 Å². The summed E-state index contributed by atoms with van der Waals surface area (Å²) in [5.74, 6) is 0.122. The van der Waals surface area contributed by atoms with E-state index in [2.05, 4.69) is 25.0 Å². The summed E-state index contributed by atoms with van der Waals surface area (Å²) in [7, 11) is 0. The molecule has 0 aliphatic heterocycles. The van der Waals surface area contributed by atoms with E-state index in [1.807, 2.05) is 25.1 Å². The molecule has 148 valence electrons. The number of hydrogen-bond donors (Lipinski definition) is 0. The van der Waals surface area contributed by atoms with Crippen molar-refractivity contribution < 1.29 is 22.4 Å². The molecule has 3 heterocycles. The van der Waals surface area contributed by atoms with Crippen LogP contribution >= 0.6 is 0 Å². The van der Waals surface area contributed by atoms with Gasteiger partial charge in [0.15, 0.2) is 5.69 Å². The van der Waals surface area contributed by atoms with Gasteiger partial charge in [-0.1, -0.05) is 11.2 Å². The van der Waals surface area contributed by atoms with Crippen molar-refractivity contribution in [2.75, 3.05) is 0 Å². The quantitative estimate of drug-likeness (QED) is 0.498. The minimum atomic E-state index is -4.74. The lowest BCUT2D eigenvalue weighted by atomic mass is 10.2. The van der Waals surface area contributed by atoms with Crippen molar-refractivity contribution in [3.63, 3.8) is 0 Å². The predicted octanol–water partition coefficient (Wildman–Crippen LogP) is 4.25. The summed E-state index contributed by atoms with van der Waals surface area (Å²) in [6.45, 7) is 2.45. The Morgan fingerprint density at radius 1 is 1.14 bits per heavy atom. The van der Waals surface area contributed by atoms with Crippen LogP contribution in [0.5, 0.6) is 5.75 Å². The molecule has 0 bridgehead atoms. The van der Waals surface area contributed by atoms with Crippen LogP contribution in [-0.2, 0) is 6.54 Å². The van der Waals surface area contributed by atoms with Crippen molar-refractivity contribution in [3.8, 4) is 28.7 Å². The minimum absolute atomic E-state index is 0.212. The fourth-order valence-corrected chi connectivity index (χ4v) is 2.69. The maximum Gasteiger partial charge on any atom is 0.573 e. The van der Waals surface area contributed by atoms with Gasteiger partial charge in [-0.25, -0.2) is 0 Å².